The van der Waals surface area contributed by atoms with Crippen molar-refractivity contribution in [2.24, 2.45) is 0 Å². The van der Waals surface area contributed by atoms with Crippen molar-refractivity contribution in [3.05, 3.63) is 54.1 Å². The van der Waals surface area contributed by atoms with Crippen molar-refractivity contribution in [2.45, 2.75) is 31.8 Å². The molecule has 6 heteroatoms. The lowest BCUT2D eigenvalue weighted by Gasteiger charge is -2.27. The molecule has 1 fully saturated rings. The van der Waals surface area contributed by atoms with Crippen LogP contribution in [0.15, 0.2) is 42.9 Å². The molecule has 0 radical (unpaired) electrons. The molecule has 3 rings (SSSR count). The molecule has 25 heavy (non-hydrogen) atoms. The molecule has 1 aliphatic rings. The summed E-state index contributed by atoms with van der Waals surface area (Å²) in [5.41, 5.74) is 0.271. The van der Waals surface area contributed by atoms with Crippen molar-refractivity contribution < 1.29 is 14.6 Å². The number of benzene rings is 1. The Hall–Kier alpha value is -2.47. The molecule has 0 bridgehead atoms. The zero-order valence-corrected chi connectivity index (χ0v) is 14.4. The number of para-hydroxylation sites is 1. The van der Waals surface area contributed by atoms with E-state index < -0.39 is 5.60 Å². The Labute approximate surface area is 147 Å². The second-order valence-electron chi connectivity index (χ2n) is 6.49. The Balaban J connectivity index is 1.61. The molecule has 132 valence electrons. The molecule has 2 heterocycles. The second-order valence-corrected chi connectivity index (χ2v) is 6.49. The summed E-state index contributed by atoms with van der Waals surface area (Å²) >= 11 is 0. The van der Waals surface area contributed by atoms with E-state index in [-0.39, 0.29) is 12.5 Å². The lowest BCUT2D eigenvalue weighted by Crippen LogP contribution is -2.38. The number of aromatic nitrogens is 2. The monoisotopic (exact) mass is 341 g/mol. The van der Waals surface area contributed by atoms with Gasteiger partial charge >= 0.3 is 0 Å². The van der Waals surface area contributed by atoms with E-state index in [1.807, 2.05) is 30.3 Å². The standard InChI is InChI=1S/C19H23N3O3/c1-15-17(12-20-14-21-15)18(23)22-10-5-8-19(24,9-11-22)13-25-16-6-3-2-4-7-16/h2-4,6-7,12,14,24H,5,8-11,13H2,1H3. The van der Waals surface area contributed by atoms with Gasteiger partial charge in [0.2, 0.25) is 0 Å². The molecule has 1 amide bonds. The minimum atomic E-state index is -0.924. The number of aliphatic hydroxyl groups is 1. The molecule has 1 saturated heterocycles. The molecule has 0 aliphatic carbocycles. The molecule has 6 nitrogen and oxygen atoms in total. The van der Waals surface area contributed by atoms with E-state index in [9.17, 15) is 9.90 Å². The maximum Gasteiger partial charge on any atom is 0.257 e. The Bertz CT molecular complexity index is 723. The van der Waals surface area contributed by atoms with Crippen LogP contribution in [-0.4, -0.2) is 51.2 Å². The number of hydrogen-bond donors (Lipinski definition) is 1. The fourth-order valence-electron chi connectivity index (χ4n) is 3.03. The van der Waals surface area contributed by atoms with Crippen LogP contribution in [0.25, 0.3) is 0 Å². The number of nitrogens with zero attached hydrogens (tertiary/aromatic N) is 3. The SMILES string of the molecule is Cc1ncncc1C(=O)N1CCCC(O)(COc2ccccc2)CC1. The summed E-state index contributed by atoms with van der Waals surface area (Å²) in [5.74, 6) is 0.663. The third kappa shape index (κ3) is 4.33. The molecule has 1 aliphatic heterocycles. The second kappa shape index (κ2) is 7.61. The van der Waals surface area contributed by atoms with Gasteiger partial charge in [0.15, 0.2) is 0 Å². The van der Waals surface area contributed by atoms with Crippen LogP contribution < -0.4 is 4.74 Å². The third-order valence-electron chi connectivity index (χ3n) is 4.60. The van der Waals surface area contributed by atoms with E-state index in [0.717, 1.165) is 12.2 Å². The summed E-state index contributed by atoms with van der Waals surface area (Å²) in [5, 5.41) is 10.8. The normalized spacial score (nSPS) is 20.8. The van der Waals surface area contributed by atoms with E-state index in [1.54, 1.807) is 18.0 Å². The van der Waals surface area contributed by atoms with Gasteiger partial charge in [-0.25, -0.2) is 9.97 Å². The van der Waals surface area contributed by atoms with Gasteiger partial charge in [-0.1, -0.05) is 18.2 Å². The largest absolute Gasteiger partial charge is 0.491 e. The zero-order chi connectivity index (χ0) is 17.7. The van der Waals surface area contributed by atoms with E-state index in [2.05, 4.69) is 9.97 Å². The van der Waals surface area contributed by atoms with Gasteiger partial charge in [-0.15, -0.1) is 0 Å². The highest BCUT2D eigenvalue weighted by Gasteiger charge is 2.33. The van der Waals surface area contributed by atoms with E-state index in [0.29, 0.717) is 37.2 Å². The van der Waals surface area contributed by atoms with Crippen LogP contribution in [0.2, 0.25) is 0 Å². The number of ether oxygens (including phenoxy) is 1. The number of hydrogen-bond acceptors (Lipinski definition) is 5. The molecular weight excluding hydrogens is 318 g/mol. The van der Waals surface area contributed by atoms with Crippen LogP contribution in [0, 0.1) is 6.92 Å². The maximum atomic E-state index is 12.7. The molecule has 2 aromatic rings. The fraction of sp³-hybridized carbons (Fsp3) is 0.421. The van der Waals surface area contributed by atoms with Crippen molar-refractivity contribution in [1.29, 1.82) is 0 Å². The quantitative estimate of drug-likeness (QED) is 0.923. The number of likely N-dealkylation sites (tertiary alicyclic amines) is 1. The van der Waals surface area contributed by atoms with Gasteiger partial charge < -0.3 is 14.7 Å². The Morgan fingerprint density at radius 1 is 1.28 bits per heavy atom. The smallest absolute Gasteiger partial charge is 0.257 e. The minimum absolute atomic E-state index is 0.0775. The van der Waals surface area contributed by atoms with E-state index in [4.69, 9.17) is 4.74 Å². The number of amides is 1. The van der Waals surface area contributed by atoms with Crippen LogP contribution in [0.3, 0.4) is 0 Å². The Morgan fingerprint density at radius 2 is 2.08 bits per heavy atom. The summed E-state index contributed by atoms with van der Waals surface area (Å²) < 4.78 is 5.73. The van der Waals surface area contributed by atoms with Crippen LogP contribution in [0.1, 0.15) is 35.3 Å². The van der Waals surface area contributed by atoms with Crippen molar-refractivity contribution in [2.75, 3.05) is 19.7 Å². The summed E-state index contributed by atoms with van der Waals surface area (Å²) in [6.45, 7) is 3.13. The van der Waals surface area contributed by atoms with Crippen molar-refractivity contribution >= 4 is 5.91 Å². The fourth-order valence-corrected chi connectivity index (χ4v) is 3.03. The first kappa shape index (κ1) is 17.4. The molecule has 0 spiro atoms. The van der Waals surface area contributed by atoms with Gasteiger partial charge in [0.25, 0.3) is 5.91 Å². The Morgan fingerprint density at radius 3 is 2.84 bits per heavy atom. The molecule has 1 unspecified atom stereocenters. The van der Waals surface area contributed by atoms with Crippen molar-refractivity contribution in [3.63, 3.8) is 0 Å². The predicted molar refractivity (Wildman–Crippen MR) is 93.4 cm³/mol. The van der Waals surface area contributed by atoms with Crippen molar-refractivity contribution in [1.82, 2.24) is 14.9 Å². The lowest BCUT2D eigenvalue weighted by atomic mass is 9.96. The van der Waals surface area contributed by atoms with Crippen LogP contribution >= 0.6 is 0 Å². The van der Waals surface area contributed by atoms with Gasteiger partial charge in [-0.3, -0.25) is 4.79 Å². The zero-order valence-electron chi connectivity index (χ0n) is 14.4. The maximum absolute atomic E-state index is 12.7. The number of carbonyl (C=O) groups is 1. The number of aryl methyl sites for hydroxylation is 1. The number of rotatable bonds is 4. The van der Waals surface area contributed by atoms with E-state index >= 15 is 0 Å². The van der Waals surface area contributed by atoms with E-state index in [1.165, 1.54) is 6.33 Å². The summed E-state index contributed by atoms with van der Waals surface area (Å²) in [7, 11) is 0. The van der Waals surface area contributed by atoms with Gasteiger partial charge in [0.05, 0.1) is 11.3 Å². The molecule has 0 saturated carbocycles. The predicted octanol–water partition coefficient (Wildman–Crippen LogP) is 2.22. The summed E-state index contributed by atoms with van der Waals surface area (Å²) in [6.07, 6.45) is 4.81. The Kier molecular flexibility index (Phi) is 5.28. The lowest BCUT2D eigenvalue weighted by molar-refractivity contribution is -0.0163. The molecule has 1 aromatic carbocycles. The first-order valence-electron chi connectivity index (χ1n) is 8.53. The summed E-state index contributed by atoms with van der Waals surface area (Å²) in [4.78, 5) is 22.5. The highest BCUT2D eigenvalue weighted by molar-refractivity contribution is 5.94. The van der Waals surface area contributed by atoms with Gasteiger partial charge in [0.1, 0.15) is 24.3 Å². The van der Waals surface area contributed by atoms with Crippen LogP contribution in [-0.2, 0) is 0 Å². The first-order valence-corrected chi connectivity index (χ1v) is 8.53. The molecule has 1 N–H and O–H groups in total. The topological polar surface area (TPSA) is 75.6 Å². The molecule has 1 aromatic heterocycles. The average Bonchev–Trinajstić information content (AvgIpc) is 2.83. The molecular formula is C19H23N3O3. The first-order chi connectivity index (χ1) is 12.1. The van der Waals surface area contributed by atoms with Gasteiger partial charge in [-0.2, -0.15) is 0 Å². The average molecular weight is 341 g/mol. The highest BCUT2D eigenvalue weighted by Crippen LogP contribution is 2.25. The van der Waals surface area contributed by atoms with Gasteiger partial charge in [-0.05, 0) is 38.3 Å². The van der Waals surface area contributed by atoms with Crippen LogP contribution in [0.4, 0.5) is 0 Å². The molecule has 1 atom stereocenters. The van der Waals surface area contributed by atoms with Gasteiger partial charge in [0, 0.05) is 19.3 Å². The number of carbonyl (C=O) groups excluding carboxylic acids is 1. The highest BCUT2D eigenvalue weighted by atomic mass is 16.5. The minimum Gasteiger partial charge on any atom is -0.491 e. The van der Waals surface area contributed by atoms with Crippen molar-refractivity contribution in [3.8, 4) is 5.75 Å². The summed E-state index contributed by atoms with van der Waals surface area (Å²) in [6, 6.07) is 9.46. The third-order valence-corrected chi connectivity index (χ3v) is 4.60. The van der Waals surface area contributed by atoms with Crippen LogP contribution in [0.5, 0.6) is 5.75 Å².